The molecule has 0 radical (unpaired) electrons. The highest BCUT2D eigenvalue weighted by molar-refractivity contribution is 4.81. The monoisotopic (exact) mass is 211 g/mol. The number of hydrogen-bond donors (Lipinski definition) is 1. The second-order valence-corrected chi connectivity index (χ2v) is 4.46. The fraction of sp³-hybridized carbons (Fsp3) is 1.00. The van der Waals surface area contributed by atoms with Crippen molar-refractivity contribution in [3.05, 3.63) is 0 Å². The van der Waals surface area contributed by atoms with Gasteiger partial charge in [-0.05, 0) is 18.8 Å². The molecule has 14 heavy (non-hydrogen) atoms. The van der Waals surface area contributed by atoms with E-state index in [1.54, 1.807) is 20.8 Å². The lowest BCUT2D eigenvalue weighted by atomic mass is 9.99. The van der Waals surface area contributed by atoms with Crippen molar-refractivity contribution in [2.75, 3.05) is 0 Å². The summed E-state index contributed by atoms with van der Waals surface area (Å²) in [6.07, 6.45) is -4.16. The van der Waals surface area contributed by atoms with Crippen molar-refractivity contribution >= 4 is 0 Å². The van der Waals surface area contributed by atoms with E-state index < -0.39 is 18.1 Å². The molecule has 0 rings (SSSR count). The first kappa shape index (κ1) is 13.8. The Morgan fingerprint density at radius 2 is 1.29 bits per heavy atom. The zero-order valence-corrected chi connectivity index (χ0v) is 9.44. The van der Waals surface area contributed by atoms with Gasteiger partial charge in [-0.25, -0.2) is 0 Å². The maximum Gasteiger partial charge on any atom is 0.404 e. The second-order valence-electron chi connectivity index (χ2n) is 4.46. The van der Waals surface area contributed by atoms with E-state index in [1.807, 2.05) is 13.8 Å². The summed E-state index contributed by atoms with van der Waals surface area (Å²) in [5.41, 5.74) is 0. The van der Waals surface area contributed by atoms with Gasteiger partial charge in [-0.1, -0.05) is 27.7 Å². The van der Waals surface area contributed by atoms with Crippen molar-refractivity contribution in [3.8, 4) is 0 Å². The Balaban J connectivity index is 4.40. The van der Waals surface area contributed by atoms with Crippen molar-refractivity contribution in [1.82, 2.24) is 5.32 Å². The maximum absolute atomic E-state index is 12.5. The van der Waals surface area contributed by atoms with E-state index in [9.17, 15) is 13.2 Å². The normalized spacial score (nSPS) is 17.6. The highest BCUT2D eigenvalue weighted by Gasteiger charge is 2.42. The van der Waals surface area contributed by atoms with Gasteiger partial charge in [0.15, 0.2) is 0 Å². The Kier molecular flexibility index (Phi) is 4.92. The van der Waals surface area contributed by atoms with Crippen molar-refractivity contribution in [1.29, 1.82) is 0 Å². The van der Waals surface area contributed by atoms with Gasteiger partial charge in [0.25, 0.3) is 0 Å². The molecule has 0 aliphatic heterocycles. The lowest BCUT2D eigenvalue weighted by Gasteiger charge is -2.30. The summed E-state index contributed by atoms with van der Waals surface area (Å²) in [5.74, 6) is -0.227. The van der Waals surface area contributed by atoms with Crippen molar-refractivity contribution in [3.63, 3.8) is 0 Å². The quantitative estimate of drug-likeness (QED) is 0.753. The van der Waals surface area contributed by atoms with Gasteiger partial charge in [0.2, 0.25) is 0 Å². The third-order valence-electron chi connectivity index (χ3n) is 2.46. The van der Waals surface area contributed by atoms with E-state index in [4.69, 9.17) is 0 Å². The fourth-order valence-corrected chi connectivity index (χ4v) is 1.14. The third kappa shape index (κ3) is 4.31. The van der Waals surface area contributed by atoms with E-state index in [0.717, 1.165) is 0 Å². The number of alkyl halides is 3. The zero-order chi connectivity index (χ0) is 11.5. The number of rotatable bonds is 4. The summed E-state index contributed by atoms with van der Waals surface area (Å²) in [5, 5.41) is 2.63. The Labute approximate surface area is 84.1 Å². The predicted molar refractivity (Wildman–Crippen MR) is 52.1 cm³/mol. The lowest BCUT2D eigenvalue weighted by Crippen LogP contribution is -2.50. The molecule has 1 nitrogen and oxygen atoms in total. The van der Waals surface area contributed by atoms with E-state index in [1.165, 1.54) is 0 Å². The second kappa shape index (κ2) is 5.01. The first-order valence-corrected chi connectivity index (χ1v) is 4.99. The Morgan fingerprint density at radius 3 is 1.50 bits per heavy atom. The molecule has 0 saturated carbocycles. The number of hydrogen-bond acceptors (Lipinski definition) is 1. The molecular formula is C10H20F3N. The summed E-state index contributed by atoms with van der Waals surface area (Å²) in [6.45, 7) is 8.76. The summed E-state index contributed by atoms with van der Waals surface area (Å²) in [7, 11) is 0. The van der Waals surface area contributed by atoms with Gasteiger partial charge in [0.1, 0.15) is 6.04 Å². The smallest absolute Gasteiger partial charge is 0.303 e. The van der Waals surface area contributed by atoms with Crippen LogP contribution in [0, 0.1) is 11.8 Å². The first-order valence-electron chi connectivity index (χ1n) is 4.99. The van der Waals surface area contributed by atoms with Crippen molar-refractivity contribution in [2.45, 2.75) is 52.9 Å². The zero-order valence-electron chi connectivity index (χ0n) is 9.44. The van der Waals surface area contributed by atoms with E-state index in [-0.39, 0.29) is 12.0 Å². The summed E-state index contributed by atoms with van der Waals surface area (Å²) >= 11 is 0. The molecule has 0 aromatic rings. The molecule has 1 unspecified atom stereocenters. The molecule has 2 atom stereocenters. The van der Waals surface area contributed by atoms with Gasteiger partial charge in [0, 0.05) is 6.04 Å². The summed E-state index contributed by atoms with van der Waals surface area (Å²) in [6, 6.07) is -1.52. The molecule has 0 spiro atoms. The molecule has 4 heteroatoms. The van der Waals surface area contributed by atoms with Crippen molar-refractivity contribution in [2.24, 2.45) is 11.8 Å². The van der Waals surface area contributed by atoms with Gasteiger partial charge >= 0.3 is 6.18 Å². The van der Waals surface area contributed by atoms with Crippen LogP contribution < -0.4 is 5.32 Å². The van der Waals surface area contributed by atoms with Crippen LogP contribution in [0.4, 0.5) is 13.2 Å². The van der Waals surface area contributed by atoms with Crippen LogP contribution in [-0.4, -0.2) is 18.3 Å². The summed E-state index contributed by atoms with van der Waals surface area (Å²) in [4.78, 5) is 0. The molecule has 0 aromatic heterocycles. The van der Waals surface area contributed by atoms with E-state index >= 15 is 0 Å². The van der Waals surface area contributed by atoms with Crippen LogP contribution >= 0.6 is 0 Å². The predicted octanol–water partition coefficient (Wildman–Crippen LogP) is 3.21. The molecule has 0 bridgehead atoms. The van der Waals surface area contributed by atoms with Crippen LogP contribution in [0.25, 0.3) is 0 Å². The number of halogens is 3. The molecule has 0 fully saturated rings. The van der Waals surface area contributed by atoms with Gasteiger partial charge in [0.05, 0.1) is 0 Å². The van der Waals surface area contributed by atoms with Crippen LogP contribution in [-0.2, 0) is 0 Å². The standard InChI is InChI=1S/C10H20F3N/c1-6(2)8(5)14-9(7(3)4)10(11,12)13/h6-9,14H,1-5H3/t8?,9-/m1/s1. The molecule has 0 aliphatic rings. The lowest BCUT2D eigenvalue weighted by molar-refractivity contribution is -0.167. The summed E-state index contributed by atoms with van der Waals surface area (Å²) < 4.78 is 37.6. The minimum Gasteiger partial charge on any atom is -0.303 e. The highest BCUT2D eigenvalue weighted by atomic mass is 19.4. The largest absolute Gasteiger partial charge is 0.404 e. The highest BCUT2D eigenvalue weighted by Crippen LogP contribution is 2.26. The molecule has 0 heterocycles. The van der Waals surface area contributed by atoms with Crippen LogP contribution in [0.15, 0.2) is 0 Å². The first-order chi connectivity index (χ1) is 6.16. The molecule has 86 valence electrons. The third-order valence-corrected chi connectivity index (χ3v) is 2.46. The SMILES string of the molecule is CC(C)C(C)N[C@H](C(C)C)C(F)(F)F. The molecule has 0 amide bonds. The Bertz CT molecular complexity index is 163. The molecule has 0 aliphatic carbocycles. The van der Waals surface area contributed by atoms with E-state index in [2.05, 4.69) is 5.32 Å². The average Bonchev–Trinajstić information content (AvgIpc) is 1.96. The van der Waals surface area contributed by atoms with E-state index in [0.29, 0.717) is 0 Å². The van der Waals surface area contributed by atoms with Gasteiger partial charge in [-0.3, -0.25) is 0 Å². The average molecular weight is 211 g/mol. The minimum atomic E-state index is -4.16. The molecule has 0 aromatic carbocycles. The molecule has 0 saturated heterocycles. The fourth-order valence-electron chi connectivity index (χ4n) is 1.14. The maximum atomic E-state index is 12.5. The van der Waals surface area contributed by atoms with Crippen LogP contribution in [0.1, 0.15) is 34.6 Å². The van der Waals surface area contributed by atoms with Gasteiger partial charge in [-0.2, -0.15) is 13.2 Å². The van der Waals surface area contributed by atoms with Crippen LogP contribution in [0.5, 0.6) is 0 Å². The van der Waals surface area contributed by atoms with Crippen LogP contribution in [0.3, 0.4) is 0 Å². The van der Waals surface area contributed by atoms with Gasteiger partial charge in [-0.15, -0.1) is 0 Å². The Morgan fingerprint density at radius 1 is 0.857 bits per heavy atom. The molecular weight excluding hydrogens is 191 g/mol. The Hall–Kier alpha value is -0.250. The molecule has 1 N–H and O–H groups in total. The van der Waals surface area contributed by atoms with Gasteiger partial charge < -0.3 is 5.32 Å². The topological polar surface area (TPSA) is 12.0 Å². The number of nitrogens with one attached hydrogen (secondary N) is 1. The minimum absolute atomic E-state index is 0.121. The van der Waals surface area contributed by atoms with Crippen LogP contribution in [0.2, 0.25) is 0 Å². The van der Waals surface area contributed by atoms with Crippen molar-refractivity contribution < 1.29 is 13.2 Å².